The van der Waals surface area contributed by atoms with Gasteiger partial charge in [0.25, 0.3) is 0 Å². The fraction of sp³-hybridized carbons (Fsp3) is 0.864. The van der Waals surface area contributed by atoms with E-state index < -0.39 is 23.3 Å². The van der Waals surface area contributed by atoms with Crippen molar-refractivity contribution in [3.8, 4) is 0 Å². The van der Waals surface area contributed by atoms with Crippen LogP contribution in [0.15, 0.2) is 0 Å². The molecule has 1 unspecified atom stereocenters. The topological polar surface area (TPSA) is 88.2 Å². The Balaban J connectivity index is 1.94. The van der Waals surface area contributed by atoms with E-state index in [4.69, 9.17) is 9.47 Å². The summed E-state index contributed by atoms with van der Waals surface area (Å²) in [5.74, 6) is 0.211. The van der Waals surface area contributed by atoms with Gasteiger partial charge < -0.3 is 24.6 Å². The van der Waals surface area contributed by atoms with Crippen LogP contribution in [0.1, 0.15) is 73.6 Å². The lowest BCUT2D eigenvalue weighted by Crippen LogP contribution is -2.50. The fourth-order valence-corrected chi connectivity index (χ4v) is 3.84. The number of carbonyl (C=O) groups is 3. The van der Waals surface area contributed by atoms with Crippen molar-refractivity contribution >= 4 is 18.1 Å². The quantitative estimate of drug-likeness (QED) is 0.744. The Bertz CT molecular complexity index is 609. The maximum atomic E-state index is 13.0. The van der Waals surface area contributed by atoms with Crippen LogP contribution in [0.2, 0.25) is 0 Å². The second-order valence-electron chi connectivity index (χ2n) is 10.4. The smallest absolute Gasteiger partial charge is 0.410 e. The number of nitrogens with one attached hydrogen (secondary N) is 1. The van der Waals surface area contributed by atoms with Crippen molar-refractivity contribution in [2.75, 3.05) is 26.2 Å². The Labute approximate surface area is 180 Å². The summed E-state index contributed by atoms with van der Waals surface area (Å²) >= 11 is 0. The Morgan fingerprint density at radius 1 is 0.867 bits per heavy atom. The van der Waals surface area contributed by atoms with Crippen molar-refractivity contribution in [1.29, 1.82) is 0 Å². The Morgan fingerprint density at radius 2 is 1.40 bits per heavy atom. The molecule has 0 aliphatic carbocycles. The van der Waals surface area contributed by atoms with E-state index in [1.54, 1.807) is 25.7 Å². The summed E-state index contributed by atoms with van der Waals surface area (Å²) in [5.41, 5.74) is -1.14. The van der Waals surface area contributed by atoms with Gasteiger partial charge in [-0.3, -0.25) is 4.79 Å². The standard InChI is InChI=1S/C22H39N3O5/c1-21(2,3)29-19(27)23-17(18(26)24-11-7-8-12-24)15-16-9-13-25(14-10-16)20(28)30-22(4,5)6/h16-17H,7-15H2,1-6H3,(H,23,27). The summed E-state index contributed by atoms with van der Waals surface area (Å²) in [6, 6.07) is -0.601. The van der Waals surface area contributed by atoms with E-state index in [2.05, 4.69) is 5.32 Å². The predicted molar refractivity (Wildman–Crippen MR) is 114 cm³/mol. The van der Waals surface area contributed by atoms with Gasteiger partial charge in [0, 0.05) is 26.2 Å². The van der Waals surface area contributed by atoms with Crippen LogP contribution in [-0.2, 0) is 14.3 Å². The Hall–Kier alpha value is -1.99. The second kappa shape index (κ2) is 9.88. The first-order valence-corrected chi connectivity index (χ1v) is 11.1. The minimum Gasteiger partial charge on any atom is -0.444 e. The number of hydrogen-bond acceptors (Lipinski definition) is 5. The van der Waals surface area contributed by atoms with Gasteiger partial charge in [0.1, 0.15) is 17.2 Å². The third-order valence-electron chi connectivity index (χ3n) is 5.24. The molecule has 2 aliphatic heterocycles. The molecule has 2 heterocycles. The molecule has 8 heteroatoms. The van der Waals surface area contributed by atoms with Gasteiger partial charge in [-0.25, -0.2) is 9.59 Å². The number of rotatable bonds is 4. The summed E-state index contributed by atoms with van der Waals surface area (Å²) in [5, 5.41) is 2.80. The van der Waals surface area contributed by atoms with E-state index in [9.17, 15) is 14.4 Å². The molecule has 172 valence electrons. The summed E-state index contributed by atoms with van der Waals surface area (Å²) in [6.45, 7) is 13.6. The predicted octanol–water partition coefficient (Wildman–Crippen LogP) is 3.54. The summed E-state index contributed by atoms with van der Waals surface area (Å²) < 4.78 is 10.8. The molecule has 0 aromatic rings. The zero-order chi connectivity index (χ0) is 22.5. The van der Waals surface area contributed by atoms with Crippen LogP contribution in [0.25, 0.3) is 0 Å². The van der Waals surface area contributed by atoms with Gasteiger partial charge in [-0.15, -0.1) is 0 Å². The number of piperidine rings is 1. The van der Waals surface area contributed by atoms with Crippen LogP contribution in [0.3, 0.4) is 0 Å². The molecular weight excluding hydrogens is 386 g/mol. The first kappa shape index (κ1) is 24.3. The summed E-state index contributed by atoms with van der Waals surface area (Å²) in [7, 11) is 0. The average Bonchev–Trinajstić information content (AvgIpc) is 3.12. The van der Waals surface area contributed by atoms with E-state index in [1.807, 2.05) is 25.7 Å². The van der Waals surface area contributed by atoms with Crippen LogP contribution >= 0.6 is 0 Å². The Kier molecular flexibility index (Phi) is 7.99. The largest absolute Gasteiger partial charge is 0.444 e. The van der Waals surface area contributed by atoms with Crippen molar-refractivity contribution in [2.24, 2.45) is 5.92 Å². The fourth-order valence-electron chi connectivity index (χ4n) is 3.84. The van der Waals surface area contributed by atoms with Crippen molar-refractivity contribution in [3.05, 3.63) is 0 Å². The molecule has 2 saturated heterocycles. The minimum absolute atomic E-state index is 0.0343. The maximum absolute atomic E-state index is 13.0. The van der Waals surface area contributed by atoms with E-state index >= 15 is 0 Å². The molecule has 8 nitrogen and oxygen atoms in total. The van der Waals surface area contributed by atoms with Crippen LogP contribution < -0.4 is 5.32 Å². The second-order valence-corrected chi connectivity index (χ2v) is 10.4. The van der Waals surface area contributed by atoms with E-state index in [0.29, 0.717) is 19.5 Å². The van der Waals surface area contributed by atoms with Crippen LogP contribution in [0, 0.1) is 5.92 Å². The Morgan fingerprint density at radius 3 is 1.90 bits per heavy atom. The molecule has 30 heavy (non-hydrogen) atoms. The van der Waals surface area contributed by atoms with Gasteiger partial charge in [0.05, 0.1) is 0 Å². The van der Waals surface area contributed by atoms with Gasteiger partial charge >= 0.3 is 12.2 Å². The van der Waals surface area contributed by atoms with Crippen LogP contribution in [0.4, 0.5) is 9.59 Å². The normalized spacial score (nSPS) is 19.4. The molecule has 0 bridgehead atoms. The first-order valence-electron chi connectivity index (χ1n) is 11.1. The number of hydrogen-bond donors (Lipinski definition) is 1. The van der Waals surface area contributed by atoms with E-state index in [0.717, 1.165) is 38.8 Å². The van der Waals surface area contributed by atoms with Crippen molar-refractivity contribution in [2.45, 2.75) is 90.9 Å². The number of likely N-dealkylation sites (tertiary alicyclic amines) is 2. The van der Waals surface area contributed by atoms with Gasteiger partial charge in [-0.05, 0) is 79.6 Å². The lowest BCUT2D eigenvalue weighted by atomic mass is 9.90. The lowest BCUT2D eigenvalue weighted by molar-refractivity contribution is -0.133. The zero-order valence-electron chi connectivity index (χ0n) is 19.5. The molecule has 0 spiro atoms. The third kappa shape index (κ3) is 8.03. The number of alkyl carbamates (subject to hydrolysis) is 1. The van der Waals surface area contributed by atoms with Crippen LogP contribution in [0.5, 0.6) is 0 Å². The molecule has 0 aromatic carbocycles. The molecule has 3 amide bonds. The molecule has 0 radical (unpaired) electrons. The van der Waals surface area contributed by atoms with Gasteiger partial charge in [-0.1, -0.05) is 0 Å². The summed E-state index contributed by atoms with van der Waals surface area (Å²) in [6.07, 6.45) is 3.25. The molecule has 1 atom stereocenters. The molecular formula is C22H39N3O5. The highest BCUT2D eigenvalue weighted by Gasteiger charge is 2.34. The van der Waals surface area contributed by atoms with Crippen molar-refractivity contribution in [3.63, 3.8) is 0 Å². The maximum Gasteiger partial charge on any atom is 0.410 e. The molecule has 0 aromatic heterocycles. The van der Waals surface area contributed by atoms with Crippen LogP contribution in [-0.4, -0.2) is 71.3 Å². The first-order chi connectivity index (χ1) is 13.8. The molecule has 2 aliphatic rings. The van der Waals surface area contributed by atoms with Crippen molar-refractivity contribution < 1.29 is 23.9 Å². The highest BCUT2D eigenvalue weighted by molar-refractivity contribution is 5.86. The molecule has 1 N–H and O–H groups in total. The monoisotopic (exact) mass is 425 g/mol. The highest BCUT2D eigenvalue weighted by Crippen LogP contribution is 2.25. The number of ether oxygens (including phenoxy) is 2. The lowest BCUT2D eigenvalue weighted by Gasteiger charge is -2.35. The van der Waals surface area contributed by atoms with E-state index in [1.165, 1.54) is 0 Å². The van der Waals surface area contributed by atoms with Crippen molar-refractivity contribution in [1.82, 2.24) is 15.1 Å². The van der Waals surface area contributed by atoms with Gasteiger partial charge in [0.2, 0.25) is 5.91 Å². The number of amides is 3. The minimum atomic E-state index is -0.621. The van der Waals surface area contributed by atoms with Gasteiger partial charge in [-0.2, -0.15) is 0 Å². The number of nitrogens with zero attached hydrogens (tertiary/aromatic N) is 2. The average molecular weight is 426 g/mol. The zero-order valence-corrected chi connectivity index (χ0v) is 19.5. The third-order valence-corrected chi connectivity index (χ3v) is 5.24. The van der Waals surface area contributed by atoms with E-state index in [-0.39, 0.29) is 17.9 Å². The number of carbonyl (C=O) groups excluding carboxylic acids is 3. The van der Waals surface area contributed by atoms with Gasteiger partial charge in [0.15, 0.2) is 0 Å². The molecule has 2 rings (SSSR count). The molecule has 0 saturated carbocycles. The molecule has 2 fully saturated rings. The summed E-state index contributed by atoms with van der Waals surface area (Å²) in [4.78, 5) is 41.2. The SMILES string of the molecule is CC(C)(C)OC(=O)NC(CC1CCN(C(=O)OC(C)(C)C)CC1)C(=O)N1CCCC1. The highest BCUT2D eigenvalue weighted by atomic mass is 16.6.